The zero-order valence-electron chi connectivity index (χ0n) is 11.5. The van der Waals surface area contributed by atoms with E-state index in [0.717, 1.165) is 32.1 Å². The lowest BCUT2D eigenvalue weighted by Gasteiger charge is -2.28. The molecule has 2 rings (SSSR count). The highest BCUT2D eigenvalue weighted by Crippen LogP contribution is 2.34. The van der Waals surface area contributed by atoms with Crippen LogP contribution in [0.3, 0.4) is 0 Å². The third kappa shape index (κ3) is 3.21. The highest BCUT2D eigenvalue weighted by Gasteiger charge is 2.27. The maximum atomic E-state index is 12.0. The van der Waals surface area contributed by atoms with Crippen LogP contribution in [0.2, 0.25) is 0 Å². The number of primary sulfonamides is 1. The fraction of sp³-hybridized carbons (Fsp3) is 0.615. The molecule has 1 fully saturated rings. The molecule has 0 spiro atoms. The van der Waals surface area contributed by atoms with Crippen molar-refractivity contribution in [1.82, 2.24) is 4.57 Å². The number of ether oxygens (including phenoxy) is 1. The van der Waals surface area contributed by atoms with Crippen molar-refractivity contribution in [3.05, 3.63) is 18.0 Å². The Balaban J connectivity index is 2.25. The van der Waals surface area contributed by atoms with Gasteiger partial charge in [-0.15, -0.1) is 0 Å². The maximum Gasteiger partial charge on any atom is 0.354 e. The molecule has 0 amide bonds. The van der Waals surface area contributed by atoms with Gasteiger partial charge in [0.1, 0.15) is 10.6 Å². The van der Waals surface area contributed by atoms with E-state index in [4.69, 9.17) is 9.88 Å². The monoisotopic (exact) mass is 300 g/mol. The van der Waals surface area contributed by atoms with Crippen LogP contribution < -0.4 is 5.14 Å². The molecular formula is C13H20N2O4S. The van der Waals surface area contributed by atoms with Gasteiger partial charge in [0.15, 0.2) is 0 Å². The molecule has 20 heavy (non-hydrogen) atoms. The first kappa shape index (κ1) is 15.1. The summed E-state index contributed by atoms with van der Waals surface area (Å²) < 4.78 is 29.7. The molecule has 0 aliphatic heterocycles. The summed E-state index contributed by atoms with van der Waals surface area (Å²) in [5.41, 5.74) is 0.273. The molecule has 1 aliphatic carbocycles. The maximum absolute atomic E-state index is 12.0. The normalized spacial score (nSPS) is 15.9. The van der Waals surface area contributed by atoms with E-state index in [1.165, 1.54) is 12.3 Å². The number of nitrogens with zero attached hydrogens (tertiary/aromatic N) is 1. The van der Waals surface area contributed by atoms with E-state index in [1.54, 1.807) is 4.57 Å². The van der Waals surface area contributed by atoms with Crippen LogP contribution in [-0.2, 0) is 14.8 Å². The summed E-state index contributed by atoms with van der Waals surface area (Å²) in [4.78, 5) is 12.0. The molecule has 7 heteroatoms. The Morgan fingerprint density at radius 1 is 1.50 bits per heavy atom. The number of hydrogen-bond donors (Lipinski definition) is 1. The molecule has 0 unspecified atom stereocenters. The van der Waals surface area contributed by atoms with Gasteiger partial charge in [-0.3, -0.25) is 0 Å². The van der Waals surface area contributed by atoms with E-state index >= 15 is 0 Å². The molecule has 0 aromatic carbocycles. The van der Waals surface area contributed by atoms with Gasteiger partial charge in [0.2, 0.25) is 10.0 Å². The molecule has 1 saturated carbocycles. The van der Waals surface area contributed by atoms with Crippen molar-refractivity contribution >= 4 is 16.0 Å². The van der Waals surface area contributed by atoms with Gasteiger partial charge in [-0.1, -0.05) is 13.3 Å². The van der Waals surface area contributed by atoms with Crippen LogP contribution in [-0.4, -0.2) is 25.6 Å². The van der Waals surface area contributed by atoms with Crippen LogP contribution in [0.15, 0.2) is 17.2 Å². The van der Waals surface area contributed by atoms with E-state index in [9.17, 15) is 13.2 Å². The predicted molar refractivity (Wildman–Crippen MR) is 73.9 cm³/mol. The summed E-state index contributed by atoms with van der Waals surface area (Å²) in [7, 11) is -3.81. The number of hydrogen-bond acceptors (Lipinski definition) is 4. The SMILES string of the molecule is CCCCOC(=O)c1cc(S(N)(=O)=O)cn1C1CCC1. The van der Waals surface area contributed by atoms with Gasteiger partial charge in [-0.05, 0) is 31.7 Å². The van der Waals surface area contributed by atoms with Crippen LogP contribution in [0.1, 0.15) is 55.6 Å². The standard InChI is InChI=1S/C13H20N2O4S/c1-2-3-7-19-13(16)12-8-11(20(14,17)18)9-15(12)10-5-4-6-10/h8-10H,2-7H2,1H3,(H2,14,17,18). The number of rotatable bonds is 6. The van der Waals surface area contributed by atoms with Crippen molar-refractivity contribution in [1.29, 1.82) is 0 Å². The second-order valence-corrected chi connectivity index (χ2v) is 6.65. The summed E-state index contributed by atoms with van der Waals surface area (Å²) in [6.07, 6.45) is 6.12. The van der Waals surface area contributed by atoms with Gasteiger partial charge in [-0.2, -0.15) is 0 Å². The van der Waals surface area contributed by atoms with Gasteiger partial charge in [-0.25, -0.2) is 18.4 Å². The number of nitrogens with two attached hydrogens (primary N) is 1. The van der Waals surface area contributed by atoms with E-state index in [0.29, 0.717) is 6.61 Å². The smallest absolute Gasteiger partial charge is 0.354 e. The lowest BCUT2D eigenvalue weighted by atomic mass is 9.93. The summed E-state index contributed by atoms with van der Waals surface area (Å²) in [6, 6.07) is 1.47. The number of carbonyl (C=O) groups is 1. The first-order valence-corrected chi connectivity index (χ1v) is 8.40. The minimum Gasteiger partial charge on any atom is -0.461 e. The first-order chi connectivity index (χ1) is 9.43. The predicted octanol–water partition coefficient (Wildman–Crippen LogP) is 1.82. The Morgan fingerprint density at radius 3 is 2.70 bits per heavy atom. The minimum absolute atomic E-state index is 0.0353. The van der Waals surface area contributed by atoms with Gasteiger partial charge < -0.3 is 9.30 Å². The number of carbonyl (C=O) groups excluding carboxylic acids is 1. The van der Waals surface area contributed by atoms with E-state index in [1.807, 2.05) is 6.92 Å². The molecule has 0 saturated heterocycles. The highest BCUT2D eigenvalue weighted by atomic mass is 32.2. The number of unbranched alkanes of at least 4 members (excludes halogenated alkanes) is 1. The minimum atomic E-state index is -3.81. The first-order valence-electron chi connectivity index (χ1n) is 6.85. The zero-order valence-corrected chi connectivity index (χ0v) is 12.4. The molecular weight excluding hydrogens is 280 g/mol. The summed E-state index contributed by atoms with van der Waals surface area (Å²) in [6.45, 7) is 2.35. The molecule has 6 nitrogen and oxygen atoms in total. The van der Waals surface area contributed by atoms with Gasteiger partial charge in [0, 0.05) is 12.2 Å². The topological polar surface area (TPSA) is 91.4 Å². The molecule has 1 aromatic heterocycles. The Bertz CT molecular complexity index is 588. The summed E-state index contributed by atoms with van der Waals surface area (Å²) >= 11 is 0. The van der Waals surface area contributed by atoms with Gasteiger partial charge in [0.25, 0.3) is 0 Å². The van der Waals surface area contributed by atoms with Crippen LogP contribution >= 0.6 is 0 Å². The number of aromatic nitrogens is 1. The Labute approximate surface area is 119 Å². The van der Waals surface area contributed by atoms with E-state index < -0.39 is 16.0 Å². The molecule has 0 bridgehead atoms. The van der Waals surface area contributed by atoms with E-state index in [-0.39, 0.29) is 16.6 Å². The highest BCUT2D eigenvalue weighted by molar-refractivity contribution is 7.89. The number of sulfonamides is 1. The second kappa shape index (κ2) is 5.97. The summed E-state index contributed by atoms with van der Waals surface area (Å²) in [5, 5.41) is 5.13. The van der Waals surface area contributed by atoms with Crippen molar-refractivity contribution in [2.75, 3.05) is 6.61 Å². The largest absolute Gasteiger partial charge is 0.461 e. The van der Waals surface area contributed by atoms with Crippen molar-refractivity contribution in [2.45, 2.75) is 50.0 Å². The Morgan fingerprint density at radius 2 is 2.20 bits per heavy atom. The average Bonchev–Trinajstić information content (AvgIpc) is 2.71. The van der Waals surface area contributed by atoms with Crippen LogP contribution in [0.25, 0.3) is 0 Å². The summed E-state index contributed by atoms with van der Waals surface area (Å²) in [5.74, 6) is -0.486. The zero-order chi connectivity index (χ0) is 14.8. The molecule has 0 atom stereocenters. The molecule has 2 N–H and O–H groups in total. The van der Waals surface area contributed by atoms with Gasteiger partial charge in [0.05, 0.1) is 6.61 Å². The third-order valence-corrected chi connectivity index (χ3v) is 4.44. The molecule has 1 heterocycles. The third-order valence-electron chi connectivity index (χ3n) is 3.56. The van der Waals surface area contributed by atoms with Gasteiger partial charge >= 0.3 is 5.97 Å². The Hall–Kier alpha value is -1.34. The molecule has 1 aromatic rings. The molecule has 0 radical (unpaired) electrons. The van der Waals surface area contributed by atoms with Crippen LogP contribution in [0.5, 0.6) is 0 Å². The molecule has 112 valence electrons. The molecule has 1 aliphatic rings. The Kier molecular flexibility index (Phi) is 4.49. The van der Waals surface area contributed by atoms with Crippen molar-refractivity contribution in [2.24, 2.45) is 5.14 Å². The quantitative estimate of drug-likeness (QED) is 0.640. The average molecular weight is 300 g/mol. The van der Waals surface area contributed by atoms with Crippen molar-refractivity contribution in [3.63, 3.8) is 0 Å². The fourth-order valence-electron chi connectivity index (χ4n) is 2.12. The van der Waals surface area contributed by atoms with Crippen LogP contribution in [0, 0.1) is 0 Å². The van der Waals surface area contributed by atoms with Crippen molar-refractivity contribution < 1.29 is 17.9 Å². The van der Waals surface area contributed by atoms with Crippen molar-refractivity contribution in [3.8, 4) is 0 Å². The lowest BCUT2D eigenvalue weighted by Crippen LogP contribution is -2.21. The second-order valence-electron chi connectivity index (χ2n) is 5.09. The van der Waals surface area contributed by atoms with E-state index in [2.05, 4.69) is 0 Å². The number of esters is 1. The lowest BCUT2D eigenvalue weighted by molar-refractivity contribution is 0.0481. The van der Waals surface area contributed by atoms with Crippen LogP contribution in [0.4, 0.5) is 0 Å². The fourth-order valence-corrected chi connectivity index (χ4v) is 2.66.